The highest BCUT2D eigenvalue weighted by molar-refractivity contribution is 6.32. The van der Waals surface area contributed by atoms with Crippen molar-refractivity contribution >= 4 is 127 Å². The van der Waals surface area contributed by atoms with Crippen molar-refractivity contribution in [2.24, 2.45) is 20.5 Å². The number of ketones is 2. The van der Waals surface area contributed by atoms with E-state index in [4.69, 9.17) is 62.7 Å². The number of Topliss-reactive ketones (excluding diaryl/α,β-unsaturated/α-hetero) is 2. The van der Waals surface area contributed by atoms with Gasteiger partial charge < -0.3 is 26.0 Å². The zero-order valence-corrected chi connectivity index (χ0v) is 38.6. The molecular weight excluding hydrogens is 942 g/mol. The molecular formula is C45H39Cl5N8O7. The van der Waals surface area contributed by atoms with Gasteiger partial charge in [-0.25, -0.2) is 0 Å². The molecule has 15 nitrogen and oxygen atoms in total. The molecule has 4 unspecified atom stereocenters. The number of nitrogens with one attached hydrogen (secondary N) is 4. The Morgan fingerprint density at radius 1 is 0.569 bits per heavy atom. The number of azo groups is 2. The van der Waals surface area contributed by atoms with E-state index in [1.54, 1.807) is 62.4 Å². The molecule has 4 amide bonds. The van der Waals surface area contributed by atoms with Crippen molar-refractivity contribution in [3.63, 3.8) is 0 Å². The summed E-state index contributed by atoms with van der Waals surface area (Å²) in [6, 6.07) is 22.8. The van der Waals surface area contributed by atoms with Crippen LogP contribution in [0.25, 0.3) is 0 Å². The second kappa shape index (κ2) is 23.1. The van der Waals surface area contributed by atoms with Gasteiger partial charge in [-0.3, -0.25) is 28.8 Å². The molecule has 0 spiro atoms. The maximum Gasteiger partial charge on any atom is 0.258 e. The van der Waals surface area contributed by atoms with E-state index in [1.807, 2.05) is 0 Å². The van der Waals surface area contributed by atoms with Crippen LogP contribution in [-0.2, 0) is 19.2 Å². The highest BCUT2D eigenvalue weighted by Gasteiger charge is 2.27. The zero-order valence-electron chi connectivity index (χ0n) is 34.9. The molecule has 4 atom stereocenters. The van der Waals surface area contributed by atoms with Crippen LogP contribution in [0.3, 0.4) is 0 Å². The third kappa shape index (κ3) is 13.9. The Kier molecular flexibility index (Phi) is 17.7. The first-order valence-electron chi connectivity index (χ1n) is 19.4. The first-order valence-corrected chi connectivity index (χ1v) is 21.6. The predicted octanol–water partition coefficient (Wildman–Crippen LogP) is 12.0. The van der Waals surface area contributed by atoms with Gasteiger partial charge in [0.25, 0.3) is 23.6 Å². The van der Waals surface area contributed by atoms with E-state index in [0.717, 1.165) is 13.8 Å². The molecule has 336 valence electrons. The number of alkyl halides is 3. The predicted molar refractivity (Wildman–Crippen MR) is 253 cm³/mol. The van der Waals surface area contributed by atoms with Gasteiger partial charge in [0.1, 0.15) is 5.75 Å². The van der Waals surface area contributed by atoms with Gasteiger partial charge >= 0.3 is 0 Å². The normalized spacial score (nSPS) is 13.1. The van der Waals surface area contributed by atoms with Gasteiger partial charge in [0, 0.05) is 44.3 Å². The Balaban J connectivity index is 1.28. The zero-order chi connectivity index (χ0) is 47.4. The summed E-state index contributed by atoms with van der Waals surface area (Å²) in [6.45, 7) is 5.82. The molecule has 0 fully saturated rings. The van der Waals surface area contributed by atoms with Gasteiger partial charge in [0.2, 0.25) is 12.1 Å². The van der Waals surface area contributed by atoms with Crippen LogP contribution in [-0.4, -0.2) is 53.3 Å². The summed E-state index contributed by atoms with van der Waals surface area (Å²) in [6.07, 6.45) is 0. The summed E-state index contributed by atoms with van der Waals surface area (Å²) >= 11 is 31.0. The minimum absolute atomic E-state index is 0.0325. The minimum atomic E-state index is -1.66. The molecule has 0 heterocycles. The number of hydrogen-bond donors (Lipinski definition) is 4. The molecule has 20 heteroatoms. The Hall–Kier alpha value is -6.23. The van der Waals surface area contributed by atoms with E-state index in [1.165, 1.54) is 54.6 Å². The first-order chi connectivity index (χ1) is 30.9. The van der Waals surface area contributed by atoms with Crippen LogP contribution in [0.4, 0.5) is 34.1 Å². The molecule has 65 heavy (non-hydrogen) atoms. The summed E-state index contributed by atoms with van der Waals surface area (Å²) in [7, 11) is 0. The molecule has 4 N–H and O–H groups in total. The number of benzene rings is 5. The number of carbonyl (C=O) groups excluding carboxylic acids is 6. The average Bonchev–Trinajstić information content (AvgIpc) is 3.24. The van der Waals surface area contributed by atoms with Gasteiger partial charge in [-0.05, 0) is 99.5 Å². The second-order valence-electron chi connectivity index (χ2n) is 14.1. The van der Waals surface area contributed by atoms with Crippen LogP contribution < -0.4 is 26.0 Å². The van der Waals surface area contributed by atoms with Gasteiger partial charge in [-0.2, -0.15) is 20.5 Å². The summed E-state index contributed by atoms with van der Waals surface area (Å²) < 4.78 is 5.49. The standard InChI is InChI=1S/C45H39Cl5N8O7/c1-23(47)34-9-5-7-11-36(34)52-42(61)27-15-29(49)19-32(17-27)55-57-40(25(3)59)44(63)51-31-13-14-38(39(21-31)65-22-46)54-45(64)41(26(4)60)58-56-33-18-28(16-30(50)20-33)43(62)53-37-12-8-6-10-35(37)24(2)48/h5-21,23-24,40-41H,22H2,1-4H3,(H,51,63)(H,52,61)(H,53,62)(H,54,64). The van der Waals surface area contributed by atoms with Crippen LogP contribution >= 0.6 is 58.0 Å². The highest BCUT2D eigenvalue weighted by atomic mass is 35.5. The Morgan fingerprint density at radius 3 is 1.45 bits per heavy atom. The minimum Gasteiger partial charge on any atom is -0.476 e. The van der Waals surface area contributed by atoms with Crippen LogP contribution in [0.15, 0.2) is 124 Å². The number of para-hydroxylation sites is 2. The Morgan fingerprint density at radius 2 is 1.02 bits per heavy atom. The monoisotopic (exact) mass is 978 g/mol. The van der Waals surface area contributed by atoms with Crippen LogP contribution in [0.5, 0.6) is 5.75 Å². The summed E-state index contributed by atoms with van der Waals surface area (Å²) in [5, 5.41) is 26.2. The molecule has 5 rings (SSSR count). The summed E-state index contributed by atoms with van der Waals surface area (Å²) in [5.41, 5.74) is 2.96. The molecule has 0 aromatic heterocycles. The van der Waals surface area contributed by atoms with Crippen molar-refractivity contribution in [2.45, 2.75) is 50.5 Å². The quantitative estimate of drug-likeness (QED) is 0.0379. The lowest BCUT2D eigenvalue weighted by atomic mass is 10.1. The van der Waals surface area contributed by atoms with E-state index >= 15 is 0 Å². The lowest BCUT2D eigenvalue weighted by Gasteiger charge is -2.15. The van der Waals surface area contributed by atoms with E-state index in [9.17, 15) is 28.8 Å². The van der Waals surface area contributed by atoms with Crippen LogP contribution in [0.1, 0.15) is 70.3 Å². The Labute approximate surface area is 398 Å². The molecule has 5 aromatic rings. The third-order valence-electron chi connectivity index (χ3n) is 9.13. The highest BCUT2D eigenvalue weighted by Crippen LogP contribution is 2.32. The van der Waals surface area contributed by atoms with Crippen LogP contribution in [0.2, 0.25) is 10.0 Å². The number of amides is 4. The molecule has 0 saturated carbocycles. The maximum absolute atomic E-state index is 13.4. The fourth-order valence-electron chi connectivity index (χ4n) is 6.01. The van der Waals surface area contributed by atoms with Crippen molar-refractivity contribution < 1.29 is 33.5 Å². The summed E-state index contributed by atoms with van der Waals surface area (Å²) in [4.78, 5) is 78.4. The van der Waals surface area contributed by atoms with Crippen molar-refractivity contribution in [1.29, 1.82) is 0 Å². The first kappa shape index (κ1) is 49.8. The maximum atomic E-state index is 13.4. The molecule has 0 bridgehead atoms. The lowest BCUT2D eigenvalue weighted by Crippen LogP contribution is -2.32. The van der Waals surface area contributed by atoms with Gasteiger partial charge in [-0.15, -0.1) is 23.2 Å². The second-order valence-corrected chi connectivity index (χ2v) is 16.5. The van der Waals surface area contributed by atoms with E-state index in [2.05, 4.69) is 41.7 Å². The summed E-state index contributed by atoms with van der Waals surface area (Å²) in [5.74, 6) is -4.19. The van der Waals surface area contributed by atoms with E-state index in [0.29, 0.717) is 22.5 Å². The fraction of sp³-hybridized carbons (Fsp3) is 0.200. The van der Waals surface area contributed by atoms with Crippen molar-refractivity contribution in [1.82, 2.24) is 0 Å². The van der Waals surface area contributed by atoms with Crippen molar-refractivity contribution in [2.75, 3.05) is 27.3 Å². The Bertz CT molecular complexity index is 2700. The third-order valence-corrected chi connectivity index (χ3v) is 10.1. The van der Waals surface area contributed by atoms with Gasteiger partial charge in [0.15, 0.2) is 17.6 Å². The molecule has 0 radical (unpaired) electrons. The number of halogens is 5. The average molecular weight is 981 g/mol. The molecule has 0 aliphatic heterocycles. The van der Waals surface area contributed by atoms with Gasteiger partial charge in [-0.1, -0.05) is 71.2 Å². The fourth-order valence-corrected chi connectivity index (χ4v) is 6.97. The largest absolute Gasteiger partial charge is 0.476 e. The number of carbonyl (C=O) groups is 6. The number of hydrogen-bond acceptors (Lipinski definition) is 11. The number of rotatable bonds is 18. The van der Waals surface area contributed by atoms with Crippen molar-refractivity contribution in [3.05, 3.63) is 135 Å². The molecule has 0 aliphatic carbocycles. The SMILES string of the molecule is CC(=O)C(N=Nc1cc(Cl)cc(C(=O)Nc2ccccc2C(C)Cl)c1)C(=O)Nc1ccc(NC(=O)C(N=Nc2cc(Cl)cc(C(=O)Nc3ccccc3C(C)Cl)c2)C(C)=O)c(OCCl)c1. The number of anilines is 4. The molecule has 0 saturated heterocycles. The van der Waals surface area contributed by atoms with Crippen molar-refractivity contribution in [3.8, 4) is 5.75 Å². The number of ether oxygens (including phenoxy) is 1. The smallest absolute Gasteiger partial charge is 0.258 e. The molecule has 5 aromatic carbocycles. The lowest BCUT2D eigenvalue weighted by molar-refractivity contribution is -0.127. The van der Waals surface area contributed by atoms with Crippen LogP contribution in [0, 0.1) is 0 Å². The molecule has 0 aliphatic rings. The van der Waals surface area contributed by atoms with E-state index in [-0.39, 0.29) is 66.5 Å². The van der Waals surface area contributed by atoms with E-state index < -0.39 is 47.3 Å². The van der Waals surface area contributed by atoms with Gasteiger partial charge in [0.05, 0.1) is 27.8 Å². The topological polar surface area (TPSA) is 209 Å². The number of nitrogens with zero attached hydrogens (tertiary/aromatic N) is 4.